The Hall–Kier alpha value is -1.78. The molecule has 1 fully saturated rings. The average Bonchev–Trinajstić information content (AvgIpc) is 3.06. The number of carbonyl (C=O) groups is 2. The first-order valence-corrected chi connectivity index (χ1v) is 7.65. The van der Waals surface area contributed by atoms with E-state index < -0.39 is 16.7 Å². The van der Waals surface area contributed by atoms with Crippen molar-refractivity contribution in [2.24, 2.45) is 16.7 Å². The van der Waals surface area contributed by atoms with Gasteiger partial charge in [0.1, 0.15) is 5.76 Å². The van der Waals surface area contributed by atoms with Crippen LogP contribution < -0.4 is 0 Å². The van der Waals surface area contributed by atoms with Gasteiger partial charge >= 0.3 is 11.9 Å². The highest BCUT2D eigenvalue weighted by Crippen LogP contribution is 2.67. The number of furan rings is 1. The van der Waals surface area contributed by atoms with E-state index in [9.17, 15) is 9.59 Å². The summed E-state index contributed by atoms with van der Waals surface area (Å²) in [6.07, 6.45) is 3.73. The fraction of sp³-hybridized carbons (Fsp3) is 0.647. The van der Waals surface area contributed by atoms with Crippen LogP contribution in [0.4, 0.5) is 0 Å². The van der Waals surface area contributed by atoms with E-state index in [0.29, 0.717) is 12.2 Å². The van der Waals surface area contributed by atoms with Crippen molar-refractivity contribution in [2.75, 3.05) is 14.2 Å². The highest BCUT2D eigenvalue weighted by Gasteiger charge is 2.68. The lowest BCUT2D eigenvalue weighted by Gasteiger charge is -2.49. The first kappa shape index (κ1) is 15.1. The Bertz CT molecular complexity index is 618. The van der Waals surface area contributed by atoms with E-state index in [4.69, 9.17) is 13.9 Å². The third-order valence-corrected chi connectivity index (χ3v) is 6.11. The van der Waals surface area contributed by atoms with Crippen LogP contribution in [0, 0.1) is 16.7 Å². The molecule has 1 heterocycles. The molecule has 120 valence electrons. The molecule has 1 aromatic heterocycles. The monoisotopic (exact) mass is 306 g/mol. The predicted octanol–water partition coefficient (Wildman–Crippen LogP) is 2.69. The molecule has 2 aliphatic carbocycles. The minimum absolute atomic E-state index is 0.121. The SMILES string of the molecule is COC(=O)[C@@H]1c2ccoc2C[C@@]2(C(=O)OC)[C@H](C)CC[C@@]12C. The van der Waals surface area contributed by atoms with Crippen molar-refractivity contribution in [3.63, 3.8) is 0 Å². The van der Waals surface area contributed by atoms with Gasteiger partial charge < -0.3 is 13.9 Å². The molecule has 1 saturated carbocycles. The fourth-order valence-electron chi connectivity index (χ4n) is 4.87. The molecule has 3 rings (SSSR count). The van der Waals surface area contributed by atoms with Crippen LogP contribution in [0.2, 0.25) is 0 Å². The van der Waals surface area contributed by atoms with Crippen LogP contribution in [-0.4, -0.2) is 26.2 Å². The van der Waals surface area contributed by atoms with Gasteiger partial charge in [0, 0.05) is 17.4 Å². The zero-order valence-electron chi connectivity index (χ0n) is 13.5. The van der Waals surface area contributed by atoms with Gasteiger partial charge in [-0.15, -0.1) is 0 Å². The van der Waals surface area contributed by atoms with E-state index in [1.165, 1.54) is 14.2 Å². The maximum absolute atomic E-state index is 12.8. The van der Waals surface area contributed by atoms with Gasteiger partial charge in [0.25, 0.3) is 0 Å². The third kappa shape index (κ3) is 1.59. The fourth-order valence-corrected chi connectivity index (χ4v) is 4.87. The van der Waals surface area contributed by atoms with Gasteiger partial charge in [0.2, 0.25) is 0 Å². The molecular weight excluding hydrogens is 284 g/mol. The molecule has 1 aromatic rings. The van der Waals surface area contributed by atoms with Crippen molar-refractivity contribution < 1.29 is 23.5 Å². The normalized spacial score (nSPS) is 36.4. The summed E-state index contributed by atoms with van der Waals surface area (Å²) in [5, 5.41) is 0. The summed E-state index contributed by atoms with van der Waals surface area (Å²) in [7, 11) is 2.80. The molecular formula is C17H22O5. The Labute approximate surface area is 130 Å². The Morgan fingerprint density at radius 2 is 2.05 bits per heavy atom. The topological polar surface area (TPSA) is 65.7 Å². The van der Waals surface area contributed by atoms with Crippen molar-refractivity contribution in [2.45, 2.75) is 39.0 Å². The van der Waals surface area contributed by atoms with Crippen LogP contribution in [0.15, 0.2) is 16.7 Å². The molecule has 2 aliphatic rings. The maximum Gasteiger partial charge on any atom is 0.313 e. The molecule has 0 bridgehead atoms. The summed E-state index contributed by atoms with van der Waals surface area (Å²) < 4.78 is 15.8. The van der Waals surface area contributed by atoms with Crippen LogP contribution in [-0.2, 0) is 25.5 Å². The second kappa shape index (κ2) is 4.86. The van der Waals surface area contributed by atoms with Crippen molar-refractivity contribution in [3.05, 3.63) is 23.7 Å². The van der Waals surface area contributed by atoms with Crippen molar-refractivity contribution in [1.29, 1.82) is 0 Å². The van der Waals surface area contributed by atoms with Crippen LogP contribution >= 0.6 is 0 Å². The van der Waals surface area contributed by atoms with E-state index in [-0.39, 0.29) is 17.9 Å². The van der Waals surface area contributed by atoms with Gasteiger partial charge in [0.05, 0.1) is 31.8 Å². The molecule has 4 atom stereocenters. The highest BCUT2D eigenvalue weighted by molar-refractivity contribution is 5.86. The minimum atomic E-state index is -0.745. The van der Waals surface area contributed by atoms with Crippen LogP contribution in [0.3, 0.4) is 0 Å². The molecule has 0 amide bonds. The summed E-state index contributed by atoms with van der Waals surface area (Å²) >= 11 is 0. The smallest absolute Gasteiger partial charge is 0.313 e. The lowest BCUT2D eigenvalue weighted by atomic mass is 9.51. The number of carbonyl (C=O) groups excluding carboxylic acids is 2. The summed E-state index contributed by atoms with van der Waals surface area (Å²) in [5.74, 6) is -0.241. The van der Waals surface area contributed by atoms with Crippen molar-refractivity contribution in [3.8, 4) is 0 Å². The van der Waals surface area contributed by atoms with Gasteiger partial charge in [-0.3, -0.25) is 9.59 Å². The predicted molar refractivity (Wildman–Crippen MR) is 78.1 cm³/mol. The van der Waals surface area contributed by atoms with Gasteiger partial charge in [0.15, 0.2) is 0 Å². The van der Waals surface area contributed by atoms with Gasteiger partial charge in [-0.25, -0.2) is 0 Å². The Kier molecular flexibility index (Phi) is 3.34. The zero-order chi connectivity index (χ0) is 16.1. The number of ether oxygens (including phenoxy) is 2. The van der Waals surface area contributed by atoms with Gasteiger partial charge in [-0.2, -0.15) is 0 Å². The summed E-state index contributed by atoms with van der Waals surface area (Å²) in [4.78, 5) is 25.3. The molecule has 0 unspecified atom stereocenters. The second-order valence-electron chi connectivity index (χ2n) is 6.75. The molecule has 0 N–H and O–H groups in total. The number of esters is 2. The minimum Gasteiger partial charge on any atom is -0.469 e. The van der Waals surface area contributed by atoms with Crippen molar-refractivity contribution >= 4 is 11.9 Å². The molecule has 0 aliphatic heterocycles. The first-order valence-electron chi connectivity index (χ1n) is 7.65. The summed E-state index contributed by atoms with van der Waals surface area (Å²) in [6.45, 7) is 4.08. The third-order valence-electron chi connectivity index (χ3n) is 6.11. The van der Waals surface area contributed by atoms with E-state index in [0.717, 1.165) is 18.4 Å². The standard InChI is InChI=1S/C17H22O5/c1-10-5-7-16(2)13(14(18)20-3)11-6-8-22-12(11)9-17(10,16)15(19)21-4/h6,8,10,13H,5,7,9H2,1-4H3/t10-,13+,16+,17+/m1/s1. The van der Waals surface area contributed by atoms with Crippen LogP contribution in [0.25, 0.3) is 0 Å². The average molecular weight is 306 g/mol. The lowest BCUT2D eigenvalue weighted by molar-refractivity contribution is -0.170. The quantitative estimate of drug-likeness (QED) is 0.786. The molecule has 5 heteroatoms. The largest absolute Gasteiger partial charge is 0.469 e. The number of hydrogen-bond donors (Lipinski definition) is 0. The molecule has 0 radical (unpaired) electrons. The Morgan fingerprint density at radius 1 is 1.32 bits per heavy atom. The lowest BCUT2D eigenvalue weighted by Crippen LogP contribution is -2.55. The second-order valence-corrected chi connectivity index (χ2v) is 6.75. The molecule has 0 saturated heterocycles. The van der Waals surface area contributed by atoms with Gasteiger partial charge in [-0.05, 0) is 24.8 Å². The molecule has 0 aromatic carbocycles. The summed E-state index contributed by atoms with van der Waals surface area (Å²) in [5.41, 5.74) is -0.419. The number of fused-ring (bicyclic) bond motifs is 2. The van der Waals surface area contributed by atoms with Crippen LogP contribution in [0.5, 0.6) is 0 Å². The van der Waals surface area contributed by atoms with E-state index in [2.05, 4.69) is 6.92 Å². The highest BCUT2D eigenvalue weighted by atomic mass is 16.5. The van der Waals surface area contributed by atoms with Crippen LogP contribution in [0.1, 0.15) is 43.9 Å². The van der Waals surface area contributed by atoms with Crippen molar-refractivity contribution in [1.82, 2.24) is 0 Å². The van der Waals surface area contributed by atoms with Gasteiger partial charge in [-0.1, -0.05) is 13.8 Å². The maximum atomic E-state index is 12.8. The molecule has 22 heavy (non-hydrogen) atoms. The number of hydrogen-bond acceptors (Lipinski definition) is 5. The molecule has 5 nitrogen and oxygen atoms in total. The van der Waals surface area contributed by atoms with E-state index in [1.807, 2.05) is 13.0 Å². The Morgan fingerprint density at radius 3 is 2.68 bits per heavy atom. The first-order chi connectivity index (χ1) is 10.4. The zero-order valence-corrected chi connectivity index (χ0v) is 13.5. The Balaban J connectivity index is 2.25. The number of rotatable bonds is 2. The van der Waals surface area contributed by atoms with E-state index >= 15 is 0 Å². The van der Waals surface area contributed by atoms with E-state index in [1.54, 1.807) is 6.26 Å². The molecule has 0 spiro atoms. The number of methoxy groups -OCH3 is 2. The summed E-state index contributed by atoms with van der Waals surface area (Å²) in [6, 6.07) is 1.83.